The zero-order valence-electron chi connectivity index (χ0n) is 34.7. The largest absolute Gasteiger partial charge is 0.494 e. The van der Waals surface area contributed by atoms with Crippen LogP contribution in [-0.2, 0) is 23.7 Å². The van der Waals surface area contributed by atoms with E-state index in [9.17, 15) is 56.4 Å². The summed E-state index contributed by atoms with van der Waals surface area (Å²) in [6.07, 6.45) is -6.08. The molecule has 0 saturated carbocycles. The van der Waals surface area contributed by atoms with Gasteiger partial charge in [0.1, 0.15) is 0 Å². The lowest BCUT2D eigenvalue weighted by atomic mass is 9.84. The lowest BCUT2D eigenvalue weighted by molar-refractivity contribution is -0.890. The van der Waals surface area contributed by atoms with E-state index in [2.05, 4.69) is 10.6 Å². The highest BCUT2D eigenvalue weighted by Crippen LogP contribution is 2.47. The number of amides is 4. The fraction of sp³-hybridized carbons (Fsp3) is 0.255. The second-order valence-electron chi connectivity index (χ2n) is 16.7. The Morgan fingerprint density at radius 2 is 1.31 bits per heavy atom. The zero-order valence-corrected chi connectivity index (χ0v) is 34.7. The molecule has 332 valence electrons. The van der Waals surface area contributed by atoms with Gasteiger partial charge in [-0.05, 0) is 77.4 Å². The van der Waals surface area contributed by atoms with E-state index in [0.29, 0.717) is 40.9 Å². The summed E-state index contributed by atoms with van der Waals surface area (Å²) >= 11 is 0. The maximum Gasteiger partial charge on any atom is 0.416 e. The van der Waals surface area contributed by atoms with Crippen molar-refractivity contribution in [3.63, 3.8) is 0 Å². The van der Waals surface area contributed by atoms with Crippen molar-refractivity contribution in [3.05, 3.63) is 154 Å². The van der Waals surface area contributed by atoms with Crippen LogP contribution in [0.4, 0.5) is 53.0 Å². The third-order valence-electron chi connectivity index (χ3n) is 12.2. The maximum atomic E-state index is 14.4. The number of rotatable bonds is 10. The number of aromatic nitrogens is 1. The van der Waals surface area contributed by atoms with E-state index < -0.39 is 59.6 Å². The maximum absolute atomic E-state index is 14.4. The number of hydrogen-bond acceptors (Lipinski definition) is 6. The summed E-state index contributed by atoms with van der Waals surface area (Å²) in [5.41, 5.74) is 0.376. The van der Waals surface area contributed by atoms with E-state index >= 15 is 0 Å². The number of carbonyl (C=O) groups excluding carboxylic acids is 3. The van der Waals surface area contributed by atoms with Gasteiger partial charge in [-0.1, -0.05) is 42.5 Å². The predicted octanol–water partition coefficient (Wildman–Crippen LogP) is 8.86. The van der Waals surface area contributed by atoms with Crippen LogP contribution in [0.3, 0.4) is 0 Å². The molecule has 65 heavy (non-hydrogen) atoms. The van der Waals surface area contributed by atoms with Crippen molar-refractivity contribution in [1.29, 1.82) is 10.5 Å². The number of quaternary nitrogens is 1. The average Bonchev–Trinajstić information content (AvgIpc) is 3.78. The second kappa shape index (κ2) is 16.5. The number of Topliss-reactive ketones (excluding diaryl/α,β-unsaturated/α-hetero) is 1. The van der Waals surface area contributed by atoms with Crippen LogP contribution in [-0.4, -0.2) is 65.2 Å². The number of carbonyl (C=O) groups is 3. The van der Waals surface area contributed by atoms with Crippen molar-refractivity contribution in [2.45, 2.75) is 43.4 Å². The van der Waals surface area contributed by atoms with Crippen LogP contribution in [0.15, 0.2) is 115 Å². The second-order valence-corrected chi connectivity index (χ2v) is 16.7. The van der Waals surface area contributed by atoms with Crippen LogP contribution in [0.25, 0.3) is 0 Å². The number of urea groups is 2. The summed E-state index contributed by atoms with van der Waals surface area (Å²) in [5.74, 6) is -1.49. The molecule has 1 saturated heterocycles. The van der Waals surface area contributed by atoms with Gasteiger partial charge in [0.25, 0.3) is 0 Å². The van der Waals surface area contributed by atoms with E-state index in [-0.39, 0.29) is 51.7 Å². The smallest absolute Gasteiger partial charge is 0.416 e. The zero-order chi connectivity index (χ0) is 46.6. The number of benzene rings is 4. The Hall–Kier alpha value is -7.57. The number of likely N-dealkylation sites (N-methyl/N-ethyl adjacent to an activating group) is 1. The highest BCUT2D eigenvalue weighted by molar-refractivity contribution is 6.06. The van der Waals surface area contributed by atoms with Gasteiger partial charge in [0.2, 0.25) is 0 Å². The summed E-state index contributed by atoms with van der Waals surface area (Å²) in [6, 6.07) is 21.0. The third kappa shape index (κ3) is 8.48. The number of nitrogens with one attached hydrogen (secondary N) is 2. The summed E-state index contributed by atoms with van der Waals surface area (Å²) in [5, 5.41) is 36.1. The fourth-order valence-corrected chi connectivity index (χ4v) is 8.69. The summed E-state index contributed by atoms with van der Waals surface area (Å²) in [4.78, 5) is 44.2. The molecule has 5 aromatic rings. The number of ketones is 1. The van der Waals surface area contributed by atoms with Gasteiger partial charge in [0, 0.05) is 18.3 Å². The van der Waals surface area contributed by atoms with Gasteiger partial charge in [-0.25, -0.2) is 9.59 Å². The third-order valence-corrected chi connectivity index (χ3v) is 12.2. The van der Waals surface area contributed by atoms with Crippen molar-refractivity contribution in [1.82, 2.24) is 15.2 Å². The molecule has 4 atom stereocenters. The Kier molecular flexibility index (Phi) is 11.2. The Labute approximate surface area is 368 Å². The topological polar surface area (TPSA) is 154 Å². The summed E-state index contributed by atoms with van der Waals surface area (Å²) in [6.45, 7) is 0.805. The van der Waals surface area contributed by atoms with Crippen LogP contribution < -0.4 is 20.4 Å². The van der Waals surface area contributed by atoms with Crippen LogP contribution in [0.1, 0.15) is 57.4 Å². The summed E-state index contributed by atoms with van der Waals surface area (Å²) in [7, 11) is 3.76. The molecule has 1 aliphatic carbocycles. The minimum absolute atomic E-state index is 0.0498. The standard InChI is InChI=1S/C47H38F6N8O4/c1-61(2,19-17-31-21-36-38(42(31)62)40(29-13-9-27(24-54)10-14-29)56-44(64)59(36)34-7-3-5-32(22-34)46(48,49)50)20-18-58-26-37-39(43(58)63)41(30-15-11-28(25-55)12-16-30)57-45(65)60(37)35-8-4-6-33(23-35)47(51,52)53/h3-16,21-23,26,36,38,40-41H,17-20H2,1-2H3,(H2-,56,57,63,64,65)/p+1/t36?,38?,40-,41-/m1/s1. The van der Waals surface area contributed by atoms with Crippen LogP contribution in [0, 0.1) is 28.6 Å². The molecule has 3 aliphatic rings. The number of alkyl halides is 6. The number of fused-ring (bicyclic) bond motifs is 2. The SMILES string of the molecule is C[N+](C)(CCC1=CC2C(C1=O)[C@@H](c1ccc(C#N)cc1)NC(=O)N2c1cccc(C(F)(F)F)c1)CCn1cc2c(c1O)[C@@H](c1ccc(C#N)cc1)NC(=O)N2c1cccc(C(F)(F)F)c1. The first-order chi connectivity index (χ1) is 30.8. The van der Waals surface area contributed by atoms with Gasteiger partial charge < -0.3 is 24.8 Å². The van der Waals surface area contributed by atoms with E-state index in [1.54, 1.807) is 42.5 Å². The van der Waals surface area contributed by atoms with Crippen LogP contribution in [0.2, 0.25) is 0 Å². The Morgan fingerprint density at radius 3 is 1.89 bits per heavy atom. The Morgan fingerprint density at radius 1 is 0.738 bits per heavy atom. The monoisotopic (exact) mass is 893 g/mol. The molecule has 12 nitrogen and oxygen atoms in total. The first-order valence-electron chi connectivity index (χ1n) is 20.3. The van der Waals surface area contributed by atoms with Gasteiger partial charge in [-0.2, -0.15) is 36.9 Å². The first kappa shape index (κ1) is 44.1. The van der Waals surface area contributed by atoms with Crippen molar-refractivity contribution < 1.29 is 50.3 Å². The number of halogens is 6. The molecule has 1 fully saturated rings. The van der Waals surface area contributed by atoms with E-state index in [0.717, 1.165) is 34.1 Å². The number of aromatic hydroxyl groups is 1. The lowest BCUT2D eigenvalue weighted by Gasteiger charge is -2.42. The number of nitriles is 2. The molecule has 0 bridgehead atoms. The molecular formula is C47H39F6N8O4+. The van der Waals surface area contributed by atoms with Gasteiger partial charge in [-0.15, -0.1) is 0 Å². The number of anilines is 3. The highest BCUT2D eigenvalue weighted by atomic mass is 19.4. The summed E-state index contributed by atoms with van der Waals surface area (Å²) < 4.78 is 84.6. The quantitative estimate of drug-likeness (QED) is 0.0941. The first-order valence-corrected chi connectivity index (χ1v) is 20.3. The molecule has 4 aromatic carbocycles. The molecular weight excluding hydrogens is 855 g/mol. The van der Waals surface area contributed by atoms with Gasteiger partial charge >= 0.3 is 24.4 Å². The minimum Gasteiger partial charge on any atom is -0.494 e. The Bertz CT molecular complexity index is 2820. The molecule has 8 rings (SSSR count). The molecule has 2 aliphatic heterocycles. The van der Waals surface area contributed by atoms with Crippen molar-refractivity contribution >= 4 is 34.9 Å². The molecule has 2 unspecified atom stereocenters. The predicted molar refractivity (Wildman–Crippen MR) is 224 cm³/mol. The van der Waals surface area contributed by atoms with Gasteiger partial charge in [0.15, 0.2) is 11.7 Å². The highest BCUT2D eigenvalue weighted by Gasteiger charge is 2.51. The number of hydrogen-bond donors (Lipinski definition) is 3. The lowest BCUT2D eigenvalue weighted by Crippen LogP contribution is -2.58. The van der Waals surface area contributed by atoms with Crippen LogP contribution >= 0.6 is 0 Å². The molecule has 0 radical (unpaired) electrons. The van der Waals surface area contributed by atoms with Crippen molar-refractivity contribution in [2.75, 3.05) is 37.0 Å². The molecule has 3 N–H and O–H groups in total. The van der Waals surface area contributed by atoms with Gasteiger partial charge in [0.05, 0.1) is 109 Å². The van der Waals surface area contributed by atoms with E-state index in [4.69, 9.17) is 0 Å². The normalized spacial score (nSPS) is 19.7. The van der Waals surface area contributed by atoms with Crippen molar-refractivity contribution in [3.8, 4) is 18.0 Å². The van der Waals surface area contributed by atoms with E-state index in [1.165, 1.54) is 47.2 Å². The van der Waals surface area contributed by atoms with E-state index in [1.807, 2.05) is 26.2 Å². The van der Waals surface area contributed by atoms with Crippen molar-refractivity contribution in [2.24, 2.45) is 5.92 Å². The molecule has 18 heteroatoms. The fourth-order valence-electron chi connectivity index (χ4n) is 8.69. The molecule has 1 aromatic heterocycles. The molecule has 0 spiro atoms. The Balaban J connectivity index is 1.07. The molecule has 3 heterocycles. The van der Waals surface area contributed by atoms with Gasteiger partial charge in [-0.3, -0.25) is 14.6 Å². The average molecular weight is 894 g/mol. The minimum atomic E-state index is -4.70. The molecule has 4 amide bonds. The van der Waals surface area contributed by atoms with Crippen LogP contribution in [0.5, 0.6) is 5.88 Å². The number of nitrogens with zero attached hydrogens (tertiary/aromatic N) is 6.